The lowest BCUT2D eigenvalue weighted by atomic mass is 9.76. The van der Waals surface area contributed by atoms with Gasteiger partial charge in [0.05, 0.1) is 0 Å². The SMILES string of the molecule is CC1(C)c2ccccc2-c2ccc(-c3c4ccccc4c(-c4cccc5c4C(C)(C)c4ccccc4-5)c4ccc(-c5ccc6ccccc6c5)cc34)cc21. The van der Waals surface area contributed by atoms with E-state index in [-0.39, 0.29) is 10.8 Å². The lowest BCUT2D eigenvalue weighted by Gasteiger charge is -2.27. The first kappa shape index (κ1) is 31.3. The van der Waals surface area contributed by atoms with Gasteiger partial charge in [-0.25, -0.2) is 0 Å². The van der Waals surface area contributed by atoms with E-state index in [1.807, 2.05) is 0 Å². The number of hydrogen-bond acceptors (Lipinski definition) is 0. The Bertz CT molecular complexity index is 3040. The minimum atomic E-state index is -0.139. The van der Waals surface area contributed by atoms with Gasteiger partial charge in [0.15, 0.2) is 0 Å². The molecule has 9 aromatic rings. The summed E-state index contributed by atoms with van der Waals surface area (Å²) in [6.45, 7) is 9.58. The summed E-state index contributed by atoms with van der Waals surface area (Å²) in [6, 6.07) is 64.1. The molecule has 0 bridgehead atoms. The zero-order chi connectivity index (χ0) is 36.3. The third-order valence-electron chi connectivity index (χ3n) is 12.8. The number of benzene rings is 9. The summed E-state index contributed by atoms with van der Waals surface area (Å²) in [5.74, 6) is 0. The molecule has 0 heteroatoms. The summed E-state index contributed by atoms with van der Waals surface area (Å²) in [5, 5.41) is 7.68. The van der Waals surface area contributed by atoms with Crippen molar-refractivity contribution < 1.29 is 0 Å². The van der Waals surface area contributed by atoms with Gasteiger partial charge in [0.1, 0.15) is 0 Å². The predicted molar refractivity (Wildman–Crippen MR) is 230 cm³/mol. The fraction of sp³-hybridized carbons (Fsp3) is 0.111. The van der Waals surface area contributed by atoms with Crippen LogP contribution in [0, 0.1) is 0 Å². The summed E-state index contributed by atoms with van der Waals surface area (Å²) < 4.78 is 0. The Morgan fingerprint density at radius 3 is 1.63 bits per heavy atom. The molecule has 0 aromatic heterocycles. The Morgan fingerprint density at radius 2 is 0.833 bits per heavy atom. The highest BCUT2D eigenvalue weighted by Gasteiger charge is 2.38. The molecule has 0 saturated carbocycles. The Morgan fingerprint density at radius 1 is 0.296 bits per heavy atom. The number of fused-ring (bicyclic) bond motifs is 9. The van der Waals surface area contributed by atoms with E-state index in [1.54, 1.807) is 0 Å². The van der Waals surface area contributed by atoms with Crippen LogP contribution < -0.4 is 0 Å². The van der Waals surface area contributed by atoms with Crippen molar-refractivity contribution in [1.82, 2.24) is 0 Å². The summed E-state index contributed by atoms with van der Waals surface area (Å²) in [5.41, 5.74) is 18.5. The molecule has 0 unspecified atom stereocenters. The van der Waals surface area contributed by atoms with Crippen molar-refractivity contribution in [3.8, 4) is 55.6 Å². The molecule has 11 rings (SSSR count). The minimum Gasteiger partial charge on any atom is -0.0619 e. The van der Waals surface area contributed by atoms with Crippen molar-refractivity contribution >= 4 is 32.3 Å². The first-order valence-corrected chi connectivity index (χ1v) is 19.3. The molecule has 0 fully saturated rings. The lowest BCUT2D eigenvalue weighted by Crippen LogP contribution is -2.16. The second-order valence-corrected chi connectivity index (χ2v) is 16.4. The molecule has 256 valence electrons. The average molecular weight is 689 g/mol. The normalized spacial score (nSPS) is 14.6. The third kappa shape index (κ3) is 4.26. The Kier molecular flexibility index (Phi) is 6.46. The fourth-order valence-electron chi connectivity index (χ4n) is 10.2. The van der Waals surface area contributed by atoms with Crippen LogP contribution in [0.4, 0.5) is 0 Å². The van der Waals surface area contributed by atoms with Crippen molar-refractivity contribution in [1.29, 1.82) is 0 Å². The van der Waals surface area contributed by atoms with E-state index in [9.17, 15) is 0 Å². The van der Waals surface area contributed by atoms with E-state index >= 15 is 0 Å². The van der Waals surface area contributed by atoms with Crippen LogP contribution in [-0.2, 0) is 10.8 Å². The van der Waals surface area contributed by atoms with Gasteiger partial charge in [0.2, 0.25) is 0 Å². The van der Waals surface area contributed by atoms with Gasteiger partial charge in [-0.2, -0.15) is 0 Å². The largest absolute Gasteiger partial charge is 0.0619 e. The summed E-state index contributed by atoms with van der Waals surface area (Å²) in [4.78, 5) is 0. The van der Waals surface area contributed by atoms with E-state index in [1.165, 1.54) is 110 Å². The van der Waals surface area contributed by atoms with Crippen molar-refractivity contribution in [3.63, 3.8) is 0 Å². The molecule has 0 aliphatic heterocycles. The zero-order valence-corrected chi connectivity index (χ0v) is 31.2. The van der Waals surface area contributed by atoms with Crippen LogP contribution in [0.2, 0.25) is 0 Å². The van der Waals surface area contributed by atoms with Crippen LogP contribution in [0.3, 0.4) is 0 Å². The van der Waals surface area contributed by atoms with E-state index in [0.717, 1.165) is 0 Å². The first-order chi connectivity index (χ1) is 26.3. The van der Waals surface area contributed by atoms with Gasteiger partial charge in [-0.1, -0.05) is 179 Å². The molecule has 0 saturated heterocycles. The number of rotatable bonds is 3. The molecular weight excluding hydrogens is 649 g/mol. The molecule has 9 aromatic carbocycles. The molecule has 0 radical (unpaired) electrons. The van der Waals surface area contributed by atoms with Gasteiger partial charge >= 0.3 is 0 Å². The highest BCUT2D eigenvalue weighted by molar-refractivity contribution is 6.23. The second-order valence-electron chi connectivity index (χ2n) is 16.4. The van der Waals surface area contributed by atoms with E-state index in [2.05, 4.69) is 198 Å². The molecule has 0 N–H and O–H groups in total. The highest BCUT2D eigenvalue weighted by Crippen LogP contribution is 2.55. The second kappa shape index (κ2) is 11.1. The van der Waals surface area contributed by atoms with Crippen molar-refractivity contribution in [2.75, 3.05) is 0 Å². The molecule has 2 aliphatic carbocycles. The Balaban J connectivity index is 1.24. The minimum absolute atomic E-state index is 0.0884. The van der Waals surface area contributed by atoms with E-state index < -0.39 is 0 Å². The maximum absolute atomic E-state index is 2.50. The molecule has 54 heavy (non-hydrogen) atoms. The average Bonchev–Trinajstić information content (AvgIpc) is 3.59. The maximum atomic E-state index is 2.50. The van der Waals surface area contributed by atoms with Crippen LogP contribution in [-0.4, -0.2) is 0 Å². The fourth-order valence-corrected chi connectivity index (χ4v) is 10.2. The quantitative estimate of drug-likeness (QED) is 0.162. The van der Waals surface area contributed by atoms with Gasteiger partial charge in [-0.3, -0.25) is 0 Å². The van der Waals surface area contributed by atoms with E-state index in [0.29, 0.717) is 0 Å². The Hall–Kier alpha value is -6.24. The summed E-state index contributed by atoms with van der Waals surface area (Å²) in [6.07, 6.45) is 0. The van der Waals surface area contributed by atoms with Gasteiger partial charge in [0.25, 0.3) is 0 Å². The number of hydrogen-bond donors (Lipinski definition) is 0. The lowest BCUT2D eigenvalue weighted by molar-refractivity contribution is 0.660. The molecule has 0 amide bonds. The van der Waals surface area contributed by atoms with Crippen molar-refractivity contribution in [3.05, 3.63) is 192 Å². The molecule has 0 heterocycles. The first-order valence-electron chi connectivity index (χ1n) is 19.3. The third-order valence-corrected chi connectivity index (χ3v) is 12.8. The molecule has 0 atom stereocenters. The summed E-state index contributed by atoms with van der Waals surface area (Å²) >= 11 is 0. The van der Waals surface area contributed by atoms with Gasteiger partial charge < -0.3 is 0 Å². The monoisotopic (exact) mass is 688 g/mol. The van der Waals surface area contributed by atoms with Crippen LogP contribution in [0.1, 0.15) is 49.9 Å². The Labute approximate surface area is 317 Å². The maximum Gasteiger partial charge on any atom is 0.0165 e. The topological polar surface area (TPSA) is 0 Å². The molecule has 0 nitrogen and oxygen atoms in total. The van der Waals surface area contributed by atoms with Gasteiger partial charge in [0, 0.05) is 10.8 Å². The van der Waals surface area contributed by atoms with E-state index in [4.69, 9.17) is 0 Å². The molecule has 0 spiro atoms. The standard InChI is InChI=1S/C54H40/c1-53(2)47-22-11-9-16-38(47)40-28-27-37(32-49(40)53)50-41-18-7-8-19-42(41)51(45-21-13-20-44-39-17-10-12-23-48(39)54(3,4)52(44)45)43-29-26-36(31-46(43)50)35-25-24-33-14-5-6-15-34(33)30-35/h5-32H,1-4H3. The predicted octanol–water partition coefficient (Wildman–Crippen LogP) is 14.8. The van der Waals surface area contributed by atoms with Crippen LogP contribution in [0.15, 0.2) is 170 Å². The zero-order valence-electron chi connectivity index (χ0n) is 31.2. The summed E-state index contributed by atoms with van der Waals surface area (Å²) in [7, 11) is 0. The molecular formula is C54H40. The smallest absolute Gasteiger partial charge is 0.0165 e. The van der Waals surface area contributed by atoms with Gasteiger partial charge in [-0.05, 0) is 128 Å². The highest BCUT2D eigenvalue weighted by atomic mass is 14.4. The van der Waals surface area contributed by atoms with Crippen LogP contribution in [0.25, 0.3) is 88.0 Å². The van der Waals surface area contributed by atoms with Gasteiger partial charge in [-0.15, -0.1) is 0 Å². The van der Waals surface area contributed by atoms with Crippen molar-refractivity contribution in [2.24, 2.45) is 0 Å². The van der Waals surface area contributed by atoms with Crippen molar-refractivity contribution in [2.45, 2.75) is 38.5 Å². The molecule has 2 aliphatic rings. The van der Waals surface area contributed by atoms with Crippen LogP contribution >= 0.6 is 0 Å². The van der Waals surface area contributed by atoms with Crippen LogP contribution in [0.5, 0.6) is 0 Å².